The molecule has 6 heteroatoms. The Bertz CT molecular complexity index is 1100. The zero-order valence-corrected chi connectivity index (χ0v) is 17.2. The largest absolute Gasteiger partial charge is 0.488 e. The van der Waals surface area contributed by atoms with E-state index in [1.165, 1.54) is 0 Å². The predicted molar refractivity (Wildman–Crippen MR) is 115 cm³/mol. The van der Waals surface area contributed by atoms with Crippen molar-refractivity contribution in [3.8, 4) is 5.75 Å². The Morgan fingerprint density at radius 3 is 2.83 bits per heavy atom. The lowest BCUT2D eigenvalue weighted by atomic mass is 9.93. The van der Waals surface area contributed by atoms with Gasteiger partial charge in [-0.15, -0.1) is 0 Å². The number of aromatic nitrogens is 1. The highest BCUT2D eigenvalue weighted by molar-refractivity contribution is 5.87. The molecule has 0 spiro atoms. The molecule has 0 saturated carbocycles. The zero-order chi connectivity index (χ0) is 21.3. The molecule has 1 amide bonds. The minimum Gasteiger partial charge on any atom is -0.488 e. The number of carbonyl (C=O) groups excluding carboxylic acids is 1. The molecule has 4 rings (SSSR count). The number of hydrogen-bond donors (Lipinski definition) is 3. The van der Waals surface area contributed by atoms with Gasteiger partial charge in [0.1, 0.15) is 17.4 Å². The fraction of sp³-hybridized carbons (Fsp3) is 0.333. The Labute approximate surface area is 175 Å². The van der Waals surface area contributed by atoms with Crippen molar-refractivity contribution in [3.05, 3.63) is 65.4 Å². The van der Waals surface area contributed by atoms with E-state index in [0.717, 1.165) is 46.2 Å². The number of aromatic amines is 1. The lowest BCUT2D eigenvalue weighted by molar-refractivity contribution is -0.141. The zero-order valence-electron chi connectivity index (χ0n) is 17.2. The minimum atomic E-state index is -1.05. The van der Waals surface area contributed by atoms with E-state index in [2.05, 4.69) is 24.1 Å². The summed E-state index contributed by atoms with van der Waals surface area (Å²) in [5, 5.41) is 13.3. The molecule has 2 aromatic carbocycles. The van der Waals surface area contributed by atoms with Gasteiger partial charge >= 0.3 is 5.97 Å². The molecule has 1 atom stereocenters. The van der Waals surface area contributed by atoms with E-state index in [9.17, 15) is 14.7 Å². The van der Waals surface area contributed by atoms with Crippen molar-refractivity contribution in [1.29, 1.82) is 0 Å². The van der Waals surface area contributed by atoms with Crippen LogP contribution >= 0.6 is 0 Å². The number of fused-ring (bicyclic) bond motifs is 2. The molecule has 0 fully saturated rings. The maximum absolute atomic E-state index is 12.6. The molecule has 0 bridgehead atoms. The molecule has 156 valence electrons. The molecular formula is C24H26N2O4. The average molecular weight is 406 g/mol. The number of aliphatic carboxylic acids is 1. The topological polar surface area (TPSA) is 91.4 Å². The number of carboxylic acid groups (broad SMARTS) is 1. The van der Waals surface area contributed by atoms with Gasteiger partial charge in [0.05, 0.1) is 6.42 Å². The Balaban J connectivity index is 1.43. The number of carbonyl (C=O) groups is 2. The second kappa shape index (κ2) is 7.86. The molecule has 30 heavy (non-hydrogen) atoms. The molecule has 3 N–H and O–H groups in total. The minimum absolute atomic E-state index is 0.133. The first kappa shape index (κ1) is 20.0. The number of hydrogen-bond acceptors (Lipinski definition) is 3. The first-order chi connectivity index (χ1) is 14.3. The van der Waals surface area contributed by atoms with E-state index in [0.29, 0.717) is 0 Å². The Morgan fingerprint density at radius 2 is 2.03 bits per heavy atom. The summed E-state index contributed by atoms with van der Waals surface area (Å²) in [4.78, 5) is 27.5. The highest BCUT2D eigenvalue weighted by atomic mass is 16.5. The summed E-state index contributed by atoms with van der Waals surface area (Å²) in [6.07, 6.45) is 3.97. The van der Waals surface area contributed by atoms with Crippen molar-refractivity contribution < 1.29 is 19.4 Å². The summed E-state index contributed by atoms with van der Waals surface area (Å²) in [6.45, 7) is 4.13. The smallest absolute Gasteiger partial charge is 0.326 e. The Hall–Kier alpha value is -3.28. The van der Waals surface area contributed by atoms with Crippen LogP contribution in [0, 0.1) is 0 Å². The first-order valence-corrected chi connectivity index (χ1v) is 10.2. The first-order valence-electron chi connectivity index (χ1n) is 10.2. The number of rotatable bonds is 6. The molecule has 1 aromatic heterocycles. The van der Waals surface area contributed by atoms with Crippen LogP contribution in [0.3, 0.4) is 0 Å². The van der Waals surface area contributed by atoms with E-state index >= 15 is 0 Å². The van der Waals surface area contributed by atoms with Crippen molar-refractivity contribution in [1.82, 2.24) is 10.3 Å². The van der Waals surface area contributed by atoms with Crippen LogP contribution in [-0.2, 0) is 28.9 Å². The van der Waals surface area contributed by atoms with Crippen LogP contribution in [0.25, 0.3) is 10.9 Å². The number of amides is 1. The summed E-state index contributed by atoms with van der Waals surface area (Å²) < 4.78 is 5.99. The summed E-state index contributed by atoms with van der Waals surface area (Å²) in [5.41, 5.74) is 3.58. The van der Waals surface area contributed by atoms with Crippen molar-refractivity contribution in [3.63, 3.8) is 0 Å². The number of para-hydroxylation sites is 1. The Morgan fingerprint density at radius 1 is 1.23 bits per heavy atom. The lowest BCUT2D eigenvalue weighted by Crippen LogP contribution is -2.43. The summed E-state index contributed by atoms with van der Waals surface area (Å²) in [6, 6.07) is 12.5. The normalized spacial score (nSPS) is 15.8. The van der Waals surface area contributed by atoms with Gasteiger partial charge in [0, 0.05) is 23.5 Å². The molecule has 1 aliphatic rings. The monoisotopic (exact) mass is 406 g/mol. The van der Waals surface area contributed by atoms with Crippen LogP contribution in [0.2, 0.25) is 0 Å². The number of carboxylic acids is 1. The third-order valence-electron chi connectivity index (χ3n) is 5.60. The SMILES string of the molecule is CC1(C)CCc2cc(CC(=O)NC(Cc3c[nH]c4ccccc34)C(=O)O)ccc2O1. The third kappa shape index (κ3) is 4.32. The van der Waals surface area contributed by atoms with Crippen LogP contribution < -0.4 is 10.1 Å². The van der Waals surface area contributed by atoms with Crippen molar-refractivity contribution in [2.45, 2.75) is 51.2 Å². The van der Waals surface area contributed by atoms with Gasteiger partial charge in [0.25, 0.3) is 0 Å². The van der Waals surface area contributed by atoms with Crippen LogP contribution in [0.5, 0.6) is 5.75 Å². The third-order valence-corrected chi connectivity index (χ3v) is 5.60. The van der Waals surface area contributed by atoms with Crippen molar-refractivity contribution >= 4 is 22.8 Å². The van der Waals surface area contributed by atoms with Crippen LogP contribution in [0.15, 0.2) is 48.7 Å². The average Bonchev–Trinajstić information content (AvgIpc) is 3.10. The Kier molecular flexibility index (Phi) is 5.24. The van der Waals surface area contributed by atoms with Crippen molar-refractivity contribution in [2.24, 2.45) is 0 Å². The highest BCUT2D eigenvalue weighted by Crippen LogP contribution is 2.33. The summed E-state index contributed by atoms with van der Waals surface area (Å²) >= 11 is 0. The van der Waals surface area contributed by atoms with E-state index in [1.54, 1.807) is 6.20 Å². The highest BCUT2D eigenvalue weighted by Gasteiger charge is 2.27. The molecule has 1 aliphatic heterocycles. The molecule has 0 saturated heterocycles. The molecule has 0 aliphatic carbocycles. The van der Waals surface area contributed by atoms with Gasteiger partial charge in [0.15, 0.2) is 0 Å². The number of aryl methyl sites for hydroxylation is 1. The van der Waals surface area contributed by atoms with Crippen molar-refractivity contribution in [2.75, 3.05) is 0 Å². The van der Waals surface area contributed by atoms with Gasteiger partial charge in [-0.1, -0.05) is 30.3 Å². The van der Waals surface area contributed by atoms with Gasteiger partial charge in [-0.25, -0.2) is 4.79 Å². The maximum atomic E-state index is 12.6. The molecule has 6 nitrogen and oxygen atoms in total. The van der Waals surface area contributed by atoms with E-state index < -0.39 is 12.0 Å². The lowest BCUT2D eigenvalue weighted by Gasteiger charge is -2.32. The van der Waals surface area contributed by atoms with Crippen LogP contribution in [0.1, 0.15) is 37.0 Å². The fourth-order valence-electron chi connectivity index (χ4n) is 3.97. The van der Waals surface area contributed by atoms with Gasteiger partial charge < -0.3 is 20.1 Å². The molecule has 3 aromatic rings. The number of nitrogens with one attached hydrogen (secondary N) is 2. The number of ether oxygens (including phenoxy) is 1. The summed E-state index contributed by atoms with van der Waals surface area (Å²) in [7, 11) is 0. The standard InChI is InChI=1S/C24H26N2O4/c1-24(2)10-9-16-11-15(7-8-21(16)30-24)12-22(27)26-20(23(28)29)13-17-14-25-19-6-4-3-5-18(17)19/h3-8,11,14,20,25H,9-10,12-13H2,1-2H3,(H,26,27)(H,28,29). The molecule has 1 unspecified atom stereocenters. The van der Waals surface area contributed by atoms with Gasteiger partial charge in [-0.3, -0.25) is 4.79 Å². The van der Waals surface area contributed by atoms with Gasteiger partial charge in [-0.2, -0.15) is 0 Å². The fourth-order valence-corrected chi connectivity index (χ4v) is 3.97. The molecule has 2 heterocycles. The number of benzene rings is 2. The van der Waals surface area contributed by atoms with Gasteiger partial charge in [-0.05, 0) is 55.5 Å². The van der Waals surface area contributed by atoms with Crippen LogP contribution in [0.4, 0.5) is 0 Å². The van der Waals surface area contributed by atoms with E-state index in [1.807, 2.05) is 42.5 Å². The van der Waals surface area contributed by atoms with Gasteiger partial charge in [0.2, 0.25) is 5.91 Å². The van der Waals surface area contributed by atoms with Crippen LogP contribution in [-0.4, -0.2) is 33.6 Å². The van der Waals surface area contributed by atoms with E-state index in [4.69, 9.17) is 4.74 Å². The molecular weight excluding hydrogens is 380 g/mol. The number of H-pyrrole nitrogens is 1. The molecule has 0 radical (unpaired) electrons. The second-order valence-corrected chi connectivity index (χ2v) is 8.50. The predicted octanol–water partition coefficient (Wildman–Crippen LogP) is 3.63. The second-order valence-electron chi connectivity index (χ2n) is 8.50. The maximum Gasteiger partial charge on any atom is 0.326 e. The quantitative estimate of drug-likeness (QED) is 0.583. The van der Waals surface area contributed by atoms with E-state index in [-0.39, 0.29) is 24.3 Å². The summed E-state index contributed by atoms with van der Waals surface area (Å²) in [5.74, 6) is -0.493.